The van der Waals surface area contributed by atoms with E-state index in [0.717, 1.165) is 39.3 Å². The molecule has 0 unspecified atom stereocenters. The summed E-state index contributed by atoms with van der Waals surface area (Å²) < 4.78 is 5.40. The fourth-order valence-electron chi connectivity index (χ4n) is 3.39. The van der Waals surface area contributed by atoms with Crippen LogP contribution in [-0.2, 0) is 9.53 Å². The summed E-state index contributed by atoms with van der Waals surface area (Å²) >= 11 is 1.67. The molecule has 3 aromatic rings. The van der Waals surface area contributed by atoms with Gasteiger partial charge in [-0.05, 0) is 30.0 Å². The van der Waals surface area contributed by atoms with Crippen molar-refractivity contribution in [3.05, 3.63) is 41.7 Å². The highest BCUT2D eigenvalue weighted by Gasteiger charge is 2.35. The summed E-state index contributed by atoms with van der Waals surface area (Å²) in [4.78, 5) is 25.0. The van der Waals surface area contributed by atoms with Crippen LogP contribution < -0.4 is 5.32 Å². The number of benzene rings is 1. The molecule has 28 heavy (non-hydrogen) atoms. The number of fused-ring (bicyclic) bond motifs is 1. The first-order chi connectivity index (χ1) is 13.4. The van der Waals surface area contributed by atoms with E-state index in [4.69, 9.17) is 4.74 Å². The zero-order valence-electron chi connectivity index (χ0n) is 16.4. The summed E-state index contributed by atoms with van der Waals surface area (Å²) in [5, 5.41) is 5.49. The van der Waals surface area contributed by atoms with Gasteiger partial charge in [-0.2, -0.15) is 0 Å². The Balaban J connectivity index is 1.57. The van der Waals surface area contributed by atoms with Crippen molar-refractivity contribution in [2.75, 3.05) is 31.6 Å². The number of ether oxygens (including phenoxy) is 1. The van der Waals surface area contributed by atoms with Crippen LogP contribution in [0.2, 0.25) is 0 Å². The first-order valence-corrected chi connectivity index (χ1v) is 10.2. The molecule has 0 bridgehead atoms. The molecule has 0 atom stereocenters. The second kappa shape index (κ2) is 7.66. The van der Waals surface area contributed by atoms with Crippen LogP contribution in [0.25, 0.3) is 21.2 Å². The lowest BCUT2D eigenvalue weighted by Gasteiger charge is -2.39. The molecule has 1 aliphatic heterocycles. The Morgan fingerprint density at radius 2 is 1.96 bits per heavy atom. The fourth-order valence-corrected chi connectivity index (χ4v) is 4.17. The van der Waals surface area contributed by atoms with Crippen LogP contribution in [0.1, 0.15) is 5.01 Å². The third kappa shape index (κ3) is 3.83. The highest BCUT2D eigenvalue weighted by molar-refractivity contribution is 7.15. The smallest absolute Gasteiger partial charge is 0.229 e. The van der Waals surface area contributed by atoms with Crippen LogP contribution in [0, 0.1) is 6.92 Å². The largest absolute Gasteiger partial charge is 0.379 e. The number of nitrogens with zero attached hydrogens (tertiary/aromatic N) is 3. The van der Waals surface area contributed by atoms with E-state index in [9.17, 15) is 4.79 Å². The third-order valence-corrected chi connectivity index (χ3v) is 6.19. The number of thiazole rings is 1. The molecule has 9 heteroatoms. The standard InChI is InChI=1S/C19H22B2N4O2S/c1-12-22-11-16(28-12)13-2-3-14-10-23-17(9-15(14)8-13)24-18(26)19(20,21)25-4-6-27-7-5-25/h2-3,8-11H,4-7,20-21H2,1H3,(H,23,24,26). The number of hydrogen-bond donors (Lipinski definition) is 1. The number of morpholine rings is 1. The van der Waals surface area contributed by atoms with Gasteiger partial charge in [0.1, 0.15) is 21.5 Å². The number of carbonyl (C=O) groups is 1. The zero-order chi connectivity index (χ0) is 19.7. The van der Waals surface area contributed by atoms with Crippen molar-refractivity contribution in [3.63, 3.8) is 0 Å². The van der Waals surface area contributed by atoms with Crippen LogP contribution in [-0.4, -0.2) is 68.1 Å². The van der Waals surface area contributed by atoms with Crippen LogP contribution in [0.15, 0.2) is 36.7 Å². The normalized spacial score (nSPS) is 15.6. The number of pyridine rings is 1. The summed E-state index contributed by atoms with van der Waals surface area (Å²) in [5.41, 5.74) is 1.12. The van der Waals surface area contributed by atoms with Crippen molar-refractivity contribution in [3.8, 4) is 10.4 Å². The topological polar surface area (TPSA) is 67.4 Å². The Bertz CT molecular complexity index is 1020. The molecule has 4 rings (SSSR count). The first-order valence-electron chi connectivity index (χ1n) is 9.40. The molecule has 0 spiro atoms. The number of aryl methyl sites for hydroxylation is 1. The average molecular weight is 392 g/mol. The molecule has 1 aliphatic rings. The number of carbonyl (C=O) groups excluding carboxylic acids is 1. The zero-order valence-corrected chi connectivity index (χ0v) is 17.2. The van der Waals surface area contributed by atoms with Gasteiger partial charge in [-0.25, -0.2) is 9.97 Å². The molecule has 1 N–H and O–H groups in total. The first kappa shape index (κ1) is 19.1. The summed E-state index contributed by atoms with van der Waals surface area (Å²) in [5.74, 6) is 0.506. The Kier molecular flexibility index (Phi) is 5.23. The van der Waals surface area contributed by atoms with E-state index in [1.54, 1.807) is 17.5 Å². The lowest BCUT2D eigenvalue weighted by Crippen LogP contribution is -2.61. The summed E-state index contributed by atoms with van der Waals surface area (Å²) in [6.45, 7) is 4.82. The predicted octanol–water partition coefficient (Wildman–Crippen LogP) is 0.857. The minimum absolute atomic E-state index is 0.0597. The lowest BCUT2D eigenvalue weighted by molar-refractivity contribution is -0.121. The molecule has 2 aromatic heterocycles. The highest BCUT2D eigenvalue weighted by atomic mass is 32.1. The van der Waals surface area contributed by atoms with Gasteiger partial charge in [-0.3, -0.25) is 9.69 Å². The Morgan fingerprint density at radius 1 is 1.18 bits per heavy atom. The summed E-state index contributed by atoms with van der Waals surface area (Å²) in [7, 11) is 3.89. The molecular formula is C19H22B2N4O2S. The molecule has 0 aliphatic carbocycles. The Hall–Kier alpha value is -2.22. The Morgan fingerprint density at radius 3 is 2.68 bits per heavy atom. The molecule has 142 valence electrons. The number of aromatic nitrogens is 2. The van der Waals surface area contributed by atoms with Crippen molar-refractivity contribution in [1.82, 2.24) is 14.9 Å². The van der Waals surface area contributed by atoms with Crippen LogP contribution >= 0.6 is 11.3 Å². The maximum atomic E-state index is 12.9. The van der Waals surface area contributed by atoms with Gasteiger partial charge in [0.15, 0.2) is 0 Å². The van der Waals surface area contributed by atoms with Crippen molar-refractivity contribution >= 4 is 49.5 Å². The minimum Gasteiger partial charge on any atom is -0.379 e. The van der Waals surface area contributed by atoms with E-state index >= 15 is 0 Å². The van der Waals surface area contributed by atoms with Crippen molar-refractivity contribution < 1.29 is 9.53 Å². The summed E-state index contributed by atoms with van der Waals surface area (Å²) in [6.07, 6.45) is 3.70. The van der Waals surface area contributed by atoms with Gasteiger partial charge in [-0.15, -0.1) is 11.3 Å². The number of nitrogens with one attached hydrogen (secondary N) is 1. The fraction of sp³-hybridized carbons (Fsp3) is 0.316. The second-order valence-electron chi connectivity index (χ2n) is 7.49. The quantitative estimate of drug-likeness (QED) is 0.668. The van der Waals surface area contributed by atoms with E-state index in [1.165, 1.54) is 0 Å². The predicted molar refractivity (Wildman–Crippen MR) is 118 cm³/mol. The Labute approximate surface area is 170 Å². The van der Waals surface area contributed by atoms with Crippen LogP contribution in [0.4, 0.5) is 5.82 Å². The van der Waals surface area contributed by atoms with E-state index in [0.29, 0.717) is 19.0 Å². The molecule has 0 radical (unpaired) electrons. The molecule has 1 aromatic carbocycles. The monoisotopic (exact) mass is 392 g/mol. The van der Waals surface area contributed by atoms with Crippen LogP contribution in [0.5, 0.6) is 0 Å². The van der Waals surface area contributed by atoms with Crippen LogP contribution in [0.3, 0.4) is 0 Å². The van der Waals surface area contributed by atoms with Gasteiger partial charge in [-0.1, -0.05) is 12.1 Å². The molecule has 0 saturated carbocycles. The number of rotatable bonds is 4. The molecule has 6 nitrogen and oxygen atoms in total. The van der Waals surface area contributed by atoms with Crippen molar-refractivity contribution in [1.29, 1.82) is 0 Å². The number of anilines is 1. The average Bonchev–Trinajstić information content (AvgIpc) is 3.14. The number of hydrogen-bond acceptors (Lipinski definition) is 6. The highest BCUT2D eigenvalue weighted by Crippen LogP contribution is 2.29. The van der Waals surface area contributed by atoms with Crippen molar-refractivity contribution in [2.24, 2.45) is 0 Å². The second-order valence-corrected chi connectivity index (χ2v) is 8.72. The minimum atomic E-state index is -0.623. The maximum Gasteiger partial charge on any atom is 0.229 e. The van der Waals surface area contributed by atoms with Gasteiger partial charge in [0.2, 0.25) is 5.91 Å². The van der Waals surface area contributed by atoms with Gasteiger partial charge in [0.05, 0.1) is 23.1 Å². The summed E-state index contributed by atoms with van der Waals surface area (Å²) in [6, 6.07) is 8.18. The van der Waals surface area contributed by atoms with Gasteiger partial charge in [0.25, 0.3) is 0 Å². The third-order valence-electron chi connectivity index (χ3n) is 5.23. The van der Waals surface area contributed by atoms with Gasteiger partial charge >= 0.3 is 0 Å². The molecular weight excluding hydrogens is 370 g/mol. The molecule has 1 fully saturated rings. The van der Waals surface area contributed by atoms with E-state index in [2.05, 4.69) is 38.4 Å². The van der Waals surface area contributed by atoms with E-state index < -0.39 is 5.34 Å². The van der Waals surface area contributed by atoms with E-state index in [-0.39, 0.29) is 5.91 Å². The van der Waals surface area contributed by atoms with Gasteiger partial charge < -0.3 is 10.1 Å². The van der Waals surface area contributed by atoms with E-state index in [1.807, 2.05) is 34.9 Å². The number of amides is 1. The molecule has 1 amide bonds. The lowest BCUT2D eigenvalue weighted by atomic mass is 9.60. The molecule has 1 saturated heterocycles. The SMILES string of the molecule is BC(B)(C(=O)Nc1cc2cc(-c3cnc(C)s3)ccc2cn1)N1CCOCC1. The van der Waals surface area contributed by atoms with Gasteiger partial charge in [0, 0.05) is 36.2 Å². The maximum absolute atomic E-state index is 12.9. The molecule has 3 heterocycles. The van der Waals surface area contributed by atoms with Crippen molar-refractivity contribution in [2.45, 2.75) is 12.3 Å².